The van der Waals surface area contributed by atoms with Crippen LogP contribution in [0.4, 0.5) is 0 Å². The highest BCUT2D eigenvalue weighted by Crippen LogP contribution is 2.27. The summed E-state index contributed by atoms with van der Waals surface area (Å²) in [5, 5.41) is 2.58. The molecule has 0 saturated carbocycles. The van der Waals surface area contributed by atoms with Gasteiger partial charge in [0.1, 0.15) is 5.75 Å². The molecule has 1 rings (SSSR count). The molecule has 1 aromatic rings. The van der Waals surface area contributed by atoms with E-state index < -0.39 is 0 Å². The zero-order valence-electron chi connectivity index (χ0n) is 10.8. The smallest absolute Gasteiger partial charge is 0.219 e. The lowest BCUT2D eigenvalue weighted by molar-refractivity contribution is -0.120. The van der Waals surface area contributed by atoms with Crippen LogP contribution in [0.1, 0.15) is 24.0 Å². The summed E-state index contributed by atoms with van der Waals surface area (Å²) in [5.74, 6) is 0.864. The second-order valence-corrected chi connectivity index (χ2v) is 4.96. The Kier molecular flexibility index (Phi) is 6.15. The first kappa shape index (κ1) is 15.0. The Morgan fingerprint density at radius 1 is 1.50 bits per heavy atom. The molecule has 1 aromatic carbocycles. The Labute approximate surface area is 116 Å². The van der Waals surface area contributed by atoms with Gasteiger partial charge in [0.25, 0.3) is 0 Å². The molecule has 0 aromatic heterocycles. The number of carbonyl (C=O) groups is 1. The standard InChI is InChI=1S/C13H19BrN2O2/c1-9-6-11(14)7-10(8-15)13(9)18-5-3-4-12(17)16-2/h6-7H,3-5,8,15H2,1-2H3,(H,16,17). The quantitative estimate of drug-likeness (QED) is 0.790. The maximum absolute atomic E-state index is 11.1. The average molecular weight is 315 g/mol. The number of ether oxygens (including phenoxy) is 1. The molecule has 0 aliphatic rings. The second-order valence-electron chi connectivity index (χ2n) is 4.04. The average Bonchev–Trinajstić information content (AvgIpc) is 2.35. The molecule has 0 unspecified atom stereocenters. The topological polar surface area (TPSA) is 64.3 Å². The van der Waals surface area contributed by atoms with Crippen molar-refractivity contribution in [2.75, 3.05) is 13.7 Å². The van der Waals surface area contributed by atoms with Crippen LogP contribution in [0, 0.1) is 6.92 Å². The van der Waals surface area contributed by atoms with Crippen molar-refractivity contribution >= 4 is 21.8 Å². The van der Waals surface area contributed by atoms with Gasteiger partial charge >= 0.3 is 0 Å². The summed E-state index contributed by atoms with van der Waals surface area (Å²) in [7, 11) is 1.63. The minimum Gasteiger partial charge on any atom is -0.493 e. The lowest BCUT2D eigenvalue weighted by atomic mass is 10.1. The van der Waals surface area contributed by atoms with Crippen LogP contribution in [0.3, 0.4) is 0 Å². The van der Waals surface area contributed by atoms with Crippen molar-refractivity contribution in [2.24, 2.45) is 5.73 Å². The molecule has 5 heteroatoms. The first-order valence-electron chi connectivity index (χ1n) is 5.91. The molecule has 0 aliphatic carbocycles. The first-order chi connectivity index (χ1) is 8.58. The molecule has 4 nitrogen and oxygen atoms in total. The minimum atomic E-state index is 0.0326. The monoisotopic (exact) mass is 314 g/mol. The maximum Gasteiger partial charge on any atom is 0.219 e. The molecule has 0 bridgehead atoms. The van der Waals surface area contributed by atoms with Gasteiger partial charge in [-0.05, 0) is 31.0 Å². The summed E-state index contributed by atoms with van der Waals surface area (Å²) >= 11 is 3.43. The third-order valence-electron chi connectivity index (χ3n) is 2.61. The molecular formula is C13H19BrN2O2. The van der Waals surface area contributed by atoms with Gasteiger partial charge in [-0.25, -0.2) is 0 Å². The molecule has 0 saturated heterocycles. The zero-order chi connectivity index (χ0) is 13.5. The van der Waals surface area contributed by atoms with Crippen LogP contribution in [0.5, 0.6) is 5.75 Å². The van der Waals surface area contributed by atoms with E-state index in [-0.39, 0.29) is 5.91 Å². The van der Waals surface area contributed by atoms with Crippen molar-refractivity contribution in [1.29, 1.82) is 0 Å². The second kappa shape index (κ2) is 7.38. The van der Waals surface area contributed by atoms with E-state index in [0.29, 0.717) is 26.0 Å². The third-order valence-corrected chi connectivity index (χ3v) is 3.07. The molecule has 18 heavy (non-hydrogen) atoms. The van der Waals surface area contributed by atoms with Crippen LogP contribution in [-0.2, 0) is 11.3 Å². The van der Waals surface area contributed by atoms with Gasteiger partial charge in [-0.15, -0.1) is 0 Å². The molecule has 0 spiro atoms. The Balaban J connectivity index is 2.59. The molecule has 100 valence electrons. The van der Waals surface area contributed by atoms with Crippen molar-refractivity contribution in [1.82, 2.24) is 5.32 Å². The predicted molar refractivity (Wildman–Crippen MR) is 75.6 cm³/mol. The number of amides is 1. The van der Waals surface area contributed by atoms with E-state index in [2.05, 4.69) is 21.2 Å². The van der Waals surface area contributed by atoms with Crippen LogP contribution >= 0.6 is 15.9 Å². The van der Waals surface area contributed by atoms with Crippen LogP contribution in [0.15, 0.2) is 16.6 Å². The summed E-state index contributed by atoms with van der Waals surface area (Å²) in [4.78, 5) is 11.1. The number of halogens is 1. The Bertz CT molecular complexity index is 422. The van der Waals surface area contributed by atoms with Gasteiger partial charge in [0, 0.05) is 30.0 Å². The van der Waals surface area contributed by atoms with Crippen LogP contribution < -0.4 is 15.8 Å². The first-order valence-corrected chi connectivity index (χ1v) is 6.70. The molecule has 0 aliphatic heterocycles. The highest BCUT2D eigenvalue weighted by Gasteiger charge is 2.08. The summed E-state index contributed by atoms with van der Waals surface area (Å²) in [5.41, 5.74) is 7.72. The minimum absolute atomic E-state index is 0.0326. The van der Waals surface area contributed by atoms with Crippen LogP contribution in [0.25, 0.3) is 0 Å². The van der Waals surface area contributed by atoms with Crippen molar-refractivity contribution in [3.05, 3.63) is 27.7 Å². The Morgan fingerprint density at radius 3 is 2.83 bits per heavy atom. The Morgan fingerprint density at radius 2 is 2.22 bits per heavy atom. The number of benzene rings is 1. The van der Waals surface area contributed by atoms with E-state index in [1.54, 1.807) is 7.05 Å². The highest BCUT2D eigenvalue weighted by atomic mass is 79.9. The van der Waals surface area contributed by atoms with E-state index in [4.69, 9.17) is 10.5 Å². The van der Waals surface area contributed by atoms with E-state index >= 15 is 0 Å². The van der Waals surface area contributed by atoms with Crippen LogP contribution in [-0.4, -0.2) is 19.6 Å². The fourth-order valence-electron chi connectivity index (χ4n) is 1.69. The Hall–Kier alpha value is -1.07. The number of nitrogens with two attached hydrogens (primary N) is 1. The van der Waals surface area contributed by atoms with Gasteiger partial charge in [0.15, 0.2) is 0 Å². The summed E-state index contributed by atoms with van der Waals surface area (Å²) in [6, 6.07) is 3.95. The number of aryl methyl sites for hydroxylation is 1. The number of carbonyl (C=O) groups excluding carboxylic acids is 1. The predicted octanol–water partition coefficient (Wildman–Crippen LogP) is 2.12. The molecule has 0 radical (unpaired) electrons. The van der Waals surface area contributed by atoms with Crippen molar-refractivity contribution < 1.29 is 9.53 Å². The summed E-state index contributed by atoms with van der Waals surface area (Å²) in [6.45, 7) is 2.94. The summed E-state index contributed by atoms with van der Waals surface area (Å²) < 4.78 is 6.73. The van der Waals surface area contributed by atoms with Crippen molar-refractivity contribution in [3.8, 4) is 5.75 Å². The largest absolute Gasteiger partial charge is 0.493 e. The number of nitrogens with one attached hydrogen (secondary N) is 1. The number of hydrogen-bond acceptors (Lipinski definition) is 3. The maximum atomic E-state index is 11.1. The van der Waals surface area contributed by atoms with E-state index in [1.165, 1.54) is 0 Å². The zero-order valence-corrected chi connectivity index (χ0v) is 12.3. The highest BCUT2D eigenvalue weighted by molar-refractivity contribution is 9.10. The fourth-order valence-corrected chi connectivity index (χ4v) is 2.31. The molecule has 1 amide bonds. The molecular weight excluding hydrogens is 296 g/mol. The van der Waals surface area contributed by atoms with E-state index in [0.717, 1.165) is 21.3 Å². The lowest BCUT2D eigenvalue weighted by Crippen LogP contribution is -2.18. The molecule has 0 atom stereocenters. The normalized spacial score (nSPS) is 10.2. The van der Waals surface area contributed by atoms with Gasteiger partial charge in [-0.3, -0.25) is 4.79 Å². The van der Waals surface area contributed by atoms with Gasteiger partial charge in [0.05, 0.1) is 6.61 Å². The number of hydrogen-bond donors (Lipinski definition) is 2. The number of rotatable bonds is 6. The SMILES string of the molecule is CNC(=O)CCCOc1c(C)cc(Br)cc1CN. The fraction of sp³-hybridized carbons (Fsp3) is 0.462. The van der Waals surface area contributed by atoms with Gasteiger partial charge < -0.3 is 15.8 Å². The summed E-state index contributed by atoms with van der Waals surface area (Å²) in [6.07, 6.45) is 1.17. The van der Waals surface area contributed by atoms with Gasteiger partial charge in [0.2, 0.25) is 5.91 Å². The van der Waals surface area contributed by atoms with E-state index in [1.807, 2.05) is 19.1 Å². The third kappa shape index (κ3) is 4.31. The van der Waals surface area contributed by atoms with Gasteiger partial charge in [-0.1, -0.05) is 15.9 Å². The molecule has 0 fully saturated rings. The van der Waals surface area contributed by atoms with E-state index in [9.17, 15) is 4.79 Å². The van der Waals surface area contributed by atoms with Crippen LogP contribution in [0.2, 0.25) is 0 Å². The molecule has 0 heterocycles. The van der Waals surface area contributed by atoms with Crippen molar-refractivity contribution in [2.45, 2.75) is 26.3 Å². The lowest BCUT2D eigenvalue weighted by Gasteiger charge is -2.13. The van der Waals surface area contributed by atoms with Crippen molar-refractivity contribution in [3.63, 3.8) is 0 Å². The molecule has 3 N–H and O–H groups in total. The van der Waals surface area contributed by atoms with Gasteiger partial charge in [-0.2, -0.15) is 0 Å².